The number of carbonyl (C=O) groups is 1. The van der Waals surface area contributed by atoms with E-state index in [-0.39, 0.29) is 24.5 Å². The zero-order valence-electron chi connectivity index (χ0n) is 18.6. The average molecular weight is 441 g/mol. The average Bonchev–Trinajstić information content (AvgIpc) is 3.60. The van der Waals surface area contributed by atoms with Crippen LogP contribution >= 0.6 is 0 Å². The number of halogens is 1. The van der Waals surface area contributed by atoms with Gasteiger partial charge < -0.3 is 18.9 Å². The van der Waals surface area contributed by atoms with E-state index in [1.807, 2.05) is 0 Å². The Bertz CT molecular complexity index is 1040. The van der Waals surface area contributed by atoms with Crippen LogP contribution in [-0.2, 0) is 16.1 Å². The topological polar surface area (TPSA) is 60.8 Å². The molecule has 2 aliphatic rings. The van der Waals surface area contributed by atoms with E-state index in [9.17, 15) is 14.0 Å². The summed E-state index contributed by atoms with van der Waals surface area (Å²) < 4.78 is 26.0. The van der Waals surface area contributed by atoms with Crippen LogP contribution in [0.15, 0.2) is 35.1 Å². The van der Waals surface area contributed by atoms with Gasteiger partial charge in [0, 0.05) is 30.8 Å². The minimum absolute atomic E-state index is 0.0997. The number of morpholine rings is 1. The fraction of sp³-hybridized carbons (Fsp3) is 0.440. The summed E-state index contributed by atoms with van der Waals surface area (Å²) in [5, 5.41) is 0. The summed E-state index contributed by atoms with van der Waals surface area (Å²) in [7, 11) is 2.11. The SMILES string of the molecule is CN1CCOCC1.Cc1cc(OCC=O)cc(=O)n1Cc1ccc(C#CC2CC2)c(F)c1. The van der Waals surface area contributed by atoms with E-state index < -0.39 is 0 Å². The van der Waals surface area contributed by atoms with E-state index in [0.717, 1.165) is 39.1 Å². The predicted molar refractivity (Wildman–Crippen MR) is 120 cm³/mol. The number of likely N-dealkylation sites (N-methyl/N-ethyl adjacent to an activating group) is 1. The van der Waals surface area contributed by atoms with Crippen molar-refractivity contribution in [3.8, 4) is 17.6 Å². The van der Waals surface area contributed by atoms with Crippen molar-refractivity contribution in [2.45, 2.75) is 26.3 Å². The van der Waals surface area contributed by atoms with Crippen LogP contribution in [0, 0.1) is 30.5 Å². The number of ether oxygens (including phenoxy) is 2. The van der Waals surface area contributed by atoms with Crippen LogP contribution in [0.4, 0.5) is 4.39 Å². The van der Waals surface area contributed by atoms with Gasteiger partial charge in [0.05, 0.1) is 25.3 Å². The normalized spacial score (nSPS) is 15.7. The van der Waals surface area contributed by atoms with Crippen molar-refractivity contribution in [1.29, 1.82) is 0 Å². The summed E-state index contributed by atoms with van der Waals surface area (Å²) in [4.78, 5) is 24.9. The van der Waals surface area contributed by atoms with Crippen molar-refractivity contribution in [2.24, 2.45) is 5.92 Å². The van der Waals surface area contributed by atoms with Crippen molar-refractivity contribution in [2.75, 3.05) is 40.0 Å². The lowest BCUT2D eigenvalue weighted by molar-refractivity contribution is -0.109. The second-order valence-electron chi connectivity index (χ2n) is 8.01. The molecule has 6 nitrogen and oxygen atoms in total. The minimum atomic E-state index is -0.373. The summed E-state index contributed by atoms with van der Waals surface area (Å²) in [6.07, 6.45) is 2.82. The van der Waals surface area contributed by atoms with Crippen molar-refractivity contribution in [3.63, 3.8) is 0 Å². The van der Waals surface area contributed by atoms with Gasteiger partial charge in [0.1, 0.15) is 18.2 Å². The number of aldehydes is 1. The number of aromatic nitrogens is 1. The lowest BCUT2D eigenvalue weighted by atomic mass is 10.1. The van der Waals surface area contributed by atoms with Crippen molar-refractivity contribution >= 4 is 6.29 Å². The summed E-state index contributed by atoms with van der Waals surface area (Å²) >= 11 is 0. The maximum atomic E-state index is 14.2. The number of hydrogen-bond donors (Lipinski definition) is 0. The predicted octanol–water partition coefficient (Wildman–Crippen LogP) is 2.63. The highest BCUT2D eigenvalue weighted by molar-refractivity contribution is 5.51. The molecule has 0 unspecified atom stereocenters. The smallest absolute Gasteiger partial charge is 0.254 e. The lowest BCUT2D eigenvalue weighted by Gasteiger charge is -2.21. The summed E-state index contributed by atoms with van der Waals surface area (Å²) in [5.41, 5.74) is 1.48. The van der Waals surface area contributed by atoms with Crippen LogP contribution in [0.25, 0.3) is 0 Å². The van der Waals surface area contributed by atoms with Gasteiger partial charge in [0.2, 0.25) is 0 Å². The Hall–Kier alpha value is -2.95. The van der Waals surface area contributed by atoms with Crippen molar-refractivity contribution in [3.05, 3.63) is 63.3 Å². The van der Waals surface area contributed by atoms with E-state index in [4.69, 9.17) is 9.47 Å². The molecule has 1 saturated heterocycles. The molecule has 2 fully saturated rings. The Morgan fingerprint density at radius 3 is 2.53 bits per heavy atom. The Morgan fingerprint density at radius 1 is 1.22 bits per heavy atom. The second-order valence-corrected chi connectivity index (χ2v) is 8.01. The van der Waals surface area contributed by atoms with E-state index in [0.29, 0.717) is 34.8 Å². The fourth-order valence-corrected chi connectivity index (χ4v) is 3.12. The maximum Gasteiger partial charge on any atom is 0.254 e. The van der Waals surface area contributed by atoms with Crippen LogP contribution < -0.4 is 10.3 Å². The van der Waals surface area contributed by atoms with E-state index >= 15 is 0 Å². The molecule has 2 aromatic rings. The number of aryl methyl sites for hydroxylation is 1. The van der Waals surface area contributed by atoms with Crippen LogP contribution in [0.3, 0.4) is 0 Å². The number of nitrogens with zero attached hydrogens (tertiary/aromatic N) is 2. The number of hydrogen-bond acceptors (Lipinski definition) is 5. The van der Waals surface area contributed by atoms with Crippen molar-refractivity contribution < 1.29 is 18.7 Å². The molecule has 4 rings (SSSR count). The van der Waals surface area contributed by atoms with Gasteiger partial charge in [-0.25, -0.2) is 4.39 Å². The van der Waals surface area contributed by atoms with Crippen LogP contribution in [-0.4, -0.2) is 55.7 Å². The van der Waals surface area contributed by atoms with E-state index in [2.05, 4.69) is 23.8 Å². The highest BCUT2D eigenvalue weighted by atomic mass is 19.1. The monoisotopic (exact) mass is 440 g/mol. The third-order valence-corrected chi connectivity index (χ3v) is 5.22. The standard InChI is InChI=1S/C20H18FNO3.C5H11NO/c1-14-10-18(25-9-8-23)12-20(24)22(14)13-16-5-7-17(19(21)11-16)6-4-15-2-3-15;1-6-2-4-7-5-3-6/h5,7-8,10-12,15H,2-3,9,13H2,1H3;2-5H2,1H3. The second kappa shape index (κ2) is 11.6. The Morgan fingerprint density at radius 2 is 1.97 bits per heavy atom. The first-order chi connectivity index (χ1) is 15.5. The molecule has 0 amide bonds. The van der Waals surface area contributed by atoms with Crippen molar-refractivity contribution in [1.82, 2.24) is 9.47 Å². The highest BCUT2D eigenvalue weighted by Crippen LogP contribution is 2.27. The van der Waals surface area contributed by atoms with Gasteiger partial charge in [0.15, 0.2) is 6.29 Å². The zero-order chi connectivity index (χ0) is 22.9. The van der Waals surface area contributed by atoms with E-state index in [1.54, 1.807) is 25.1 Å². The third-order valence-electron chi connectivity index (χ3n) is 5.22. The quantitative estimate of drug-likeness (QED) is 0.529. The first-order valence-corrected chi connectivity index (χ1v) is 10.8. The highest BCUT2D eigenvalue weighted by Gasteiger charge is 2.18. The van der Waals surface area contributed by atoms with Crippen LogP contribution in [0.2, 0.25) is 0 Å². The Kier molecular flexibility index (Phi) is 8.60. The lowest BCUT2D eigenvalue weighted by Crippen LogP contribution is -2.32. The van der Waals surface area contributed by atoms with Gasteiger partial charge in [-0.1, -0.05) is 17.9 Å². The van der Waals surface area contributed by atoms with Crippen LogP contribution in [0.1, 0.15) is 29.7 Å². The van der Waals surface area contributed by atoms with Gasteiger partial charge in [0.25, 0.3) is 5.56 Å². The van der Waals surface area contributed by atoms with Gasteiger partial charge in [-0.05, 0) is 50.6 Å². The number of benzene rings is 1. The summed E-state index contributed by atoms with van der Waals surface area (Å²) in [5.74, 6) is 6.31. The maximum absolute atomic E-state index is 14.2. The first-order valence-electron chi connectivity index (χ1n) is 10.8. The van der Waals surface area contributed by atoms with Gasteiger partial charge in [-0.2, -0.15) is 0 Å². The molecule has 170 valence electrons. The molecule has 0 atom stereocenters. The number of rotatable bonds is 5. The number of pyridine rings is 1. The molecule has 1 aromatic heterocycles. The molecule has 0 spiro atoms. The van der Waals surface area contributed by atoms with E-state index in [1.165, 1.54) is 16.7 Å². The van der Waals surface area contributed by atoms with Gasteiger partial charge in [-0.15, -0.1) is 0 Å². The first kappa shape index (κ1) is 23.7. The molecular weight excluding hydrogens is 411 g/mol. The fourth-order valence-electron chi connectivity index (χ4n) is 3.12. The Labute approximate surface area is 187 Å². The molecule has 0 radical (unpaired) electrons. The molecule has 1 aromatic carbocycles. The third kappa shape index (κ3) is 7.33. The zero-order valence-corrected chi connectivity index (χ0v) is 18.6. The molecule has 0 N–H and O–H groups in total. The molecule has 32 heavy (non-hydrogen) atoms. The molecule has 0 bridgehead atoms. The summed E-state index contributed by atoms with van der Waals surface area (Å²) in [6.45, 7) is 5.94. The molecule has 1 saturated carbocycles. The summed E-state index contributed by atoms with van der Waals surface area (Å²) in [6, 6.07) is 7.85. The molecule has 2 heterocycles. The van der Waals surface area contributed by atoms with Gasteiger partial charge >= 0.3 is 0 Å². The number of carbonyl (C=O) groups excluding carboxylic acids is 1. The molecule has 7 heteroatoms. The Balaban J connectivity index is 0.000000352. The minimum Gasteiger partial charge on any atom is -0.486 e. The van der Waals surface area contributed by atoms with Gasteiger partial charge in [-0.3, -0.25) is 9.59 Å². The largest absolute Gasteiger partial charge is 0.486 e. The molecule has 1 aliphatic carbocycles. The molecular formula is C25H29FN2O4. The van der Waals surface area contributed by atoms with Crippen LogP contribution in [0.5, 0.6) is 5.75 Å². The molecule has 1 aliphatic heterocycles.